The first-order valence-electron chi connectivity index (χ1n) is 7.31. The van der Waals surface area contributed by atoms with E-state index in [1.165, 1.54) is 0 Å². The summed E-state index contributed by atoms with van der Waals surface area (Å²) in [7, 11) is 1.66. The maximum atomic E-state index is 11.8. The number of methoxy groups -OCH3 is 1. The summed E-state index contributed by atoms with van der Waals surface area (Å²) >= 11 is 0. The van der Waals surface area contributed by atoms with Crippen LogP contribution in [0.15, 0.2) is 0 Å². The molecule has 5 heteroatoms. The predicted molar refractivity (Wildman–Crippen MR) is 78.3 cm³/mol. The number of hydrogen-bond donors (Lipinski definition) is 0. The van der Waals surface area contributed by atoms with Gasteiger partial charge in [0.15, 0.2) is 5.78 Å². The van der Waals surface area contributed by atoms with Crippen molar-refractivity contribution in [3.05, 3.63) is 17.0 Å². The molecule has 0 aliphatic rings. The molecule has 0 aliphatic carbocycles. The lowest BCUT2D eigenvalue weighted by Crippen LogP contribution is -2.10. The zero-order chi connectivity index (χ0) is 15.0. The second-order valence-corrected chi connectivity index (χ2v) is 4.71. The van der Waals surface area contributed by atoms with Crippen LogP contribution >= 0.6 is 0 Å². The zero-order valence-corrected chi connectivity index (χ0v) is 13.1. The average molecular weight is 282 g/mol. The third-order valence-electron chi connectivity index (χ3n) is 3.24. The van der Waals surface area contributed by atoms with Gasteiger partial charge in [-0.3, -0.25) is 9.48 Å². The second kappa shape index (κ2) is 8.87. The summed E-state index contributed by atoms with van der Waals surface area (Å²) in [6, 6.07) is 0. The average Bonchev–Trinajstić information content (AvgIpc) is 2.80. The number of nitrogens with zero attached hydrogens (tertiary/aromatic N) is 2. The van der Waals surface area contributed by atoms with E-state index in [0.717, 1.165) is 42.8 Å². The van der Waals surface area contributed by atoms with Gasteiger partial charge in [0, 0.05) is 26.0 Å². The van der Waals surface area contributed by atoms with E-state index in [9.17, 15) is 4.79 Å². The molecule has 20 heavy (non-hydrogen) atoms. The van der Waals surface area contributed by atoms with Crippen molar-refractivity contribution in [1.29, 1.82) is 0 Å². The number of carbonyl (C=O) groups is 1. The number of ketones is 1. The Bertz CT molecular complexity index is 427. The highest BCUT2D eigenvalue weighted by Crippen LogP contribution is 2.17. The molecule has 0 aromatic carbocycles. The molecule has 0 amide bonds. The van der Waals surface area contributed by atoms with E-state index in [2.05, 4.69) is 12.0 Å². The van der Waals surface area contributed by atoms with Gasteiger partial charge in [-0.15, -0.1) is 0 Å². The van der Waals surface area contributed by atoms with Crippen LogP contribution in [0, 0.1) is 0 Å². The van der Waals surface area contributed by atoms with Crippen LogP contribution in [0.5, 0.6) is 0 Å². The van der Waals surface area contributed by atoms with E-state index >= 15 is 0 Å². The van der Waals surface area contributed by atoms with Crippen molar-refractivity contribution in [3.8, 4) is 0 Å². The maximum absolute atomic E-state index is 11.8. The number of Topliss-reactive ketones (excluding diaryl/α,β-unsaturated/α-hetero) is 1. The summed E-state index contributed by atoms with van der Waals surface area (Å²) in [5.41, 5.74) is 2.77. The van der Waals surface area contributed by atoms with Crippen LogP contribution < -0.4 is 0 Å². The molecule has 0 fully saturated rings. The Labute approximate surface area is 121 Å². The Morgan fingerprint density at radius 2 is 1.95 bits per heavy atom. The molecule has 0 saturated carbocycles. The highest BCUT2D eigenvalue weighted by Gasteiger charge is 2.18. The molecule has 0 spiro atoms. The first-order valence-corrected chi connectivity index (χ1v) is 7.31. The summed E-state index contributed by atoms with van der Waals surface area (Å²) in [5.74, 6) is 0.112. The van der Waals surface area contributed by atoms with Crippen LogP contribution in [0.25, 0.3) is 0 Å². The van der Waals surface area contributed by atoms with Gasteiger partial charge in [-0.2, -0.15) is 5.10 Å². The molecule has 0 N–H and O–H groups in total. The quantitative estimate of drug-likeness (QED) is 0.488. The van der Waals surface area contributed by atoms with Gasteiger partial charge in [0.25, 0.3) is 0 Å². The molecule has 1 aromatic heterocycles. The third-order valence-corrected chi connectivity index (χ3v) is 3.24. The maximum Gasteiger partial charge on any atom is 0.163 e. The molecule has 0 aliphatic heterocycles. The highest BCUT2D eigenvalue weighted by molar-refractivity contribution is 5.96. The SMILES string of the molecule is CCc1nn(CCCOCCOC)c(CC)c1C(C)=O. The number of carbonyl (C=O) groups excluding carboxylic acids is 1. The molecule has 0 unspecified atom stereocenters. The van der Waals surface area contributed by atoms with Gasteiger partial charge in [-0.25, -0.2) is 0 Å². The van der Waals surface area contributed by atoms with Crippen molar-refractivity contribution in [2.75, 3.05) is 26.9 Å². The van der Waals surface area contributed by atoms with E-state index in [1.807, 2.05) is 11.6 Å². The fourth-order valence-corrected chi connectivity index (χ4v) is 2.31. The second-order valence-electron chi connectivity index (χ2n) is 4.71. The fourth-order valence-electron chi connectivity index (χ4n) is 2.31. The van der Waals surface area contributed by atoms with Gasteiger partial charge >= 0.3 is 0 Å². The van der Waals surface area contributed by atoms with Crippen LogP contribution in [0.2, 0.25) is 0 Å². The molecule has 114 valence electrons. The van der Waals surface area contributed by atoms with Gasteiger partial charge in [0.1, 0.15) is 0 Å². The van der Waals surface area contributed by atoms with Crippen molar-refractivity contribution in [2.24, 2.45) is 0 Å². The Balaban J connectivity index is 2.63. The lowest BCUT2D eigenvalue weighted by molar-refractivity contribution is 0.0676. The molecular weight excluding hydrogens is 256 g/mol. The number of aryl methyl sites for hydroxylation is 2. The topological polar surface area (TPSA) is 53.4 Å². The molecule has 1 heterocycles. The molecular formula is C15H26N2O3. The molecule has 0 radical (unpaired) electrons. The van der Waals surface area contributed by atoms with Gasteiger partial charge < -0.3 is 9.47 Å². The largest absolute Gasteiger partial charge is 0.382 e. The van der Waals surface area contributed by atoms with E-state index in [4.69, 9.17) is 9.47 Å². The van der Waals surface area contributed by atoms with Gasteiger partial charge in [-0.1, -0.05) is 13.8 Å². The van der Waals surface area contributed by atoms with Gasteiger partial charge in [0.2, 0.25) is 0 Å². The molecule has 0 atom stereocenters. The standard InChI is InChI=1S/C15H26N2O3/c1-5-13-15(12(3)18)14(6-2)17(16-13)8-7-9-20-11-10-19-4/h5-11H2,1-4H3. The molecule has 5 nitrogen and oxygen atoms in total. The predicted octanol–water partition coefficient (Wildman–Crippen LogP) is 2.26. The molecule has 0 saturated heterocycles. The molecule has 1 rings (SSSR count). The van der Waals surface area contributed by atoms with E-state index in [0.29, 0.717) is 19.8 Å². The van der Waals surface area contributed by atoms with Crippen LogP contribution in [-0.2, 0) is 28.9 Å². The van der Waals surface area contributed by atoms with Crippen LogP contribution in [-0.4, -0.2) is 42.5 Å². The number of ether oxygens (including phenoxy) is 2. The number of hydrogen-bond acceptors (Lipinski definition) is 4. The first-order chi connectivity index (χ1) is 9.65. The summed E-state index contributed by atoms with van der Waals surface area (Å²) in [4.78, 5) is 11.8. The smallest absolute Gasteiger partial charge is 0.163 e. The minimum Gasteiger partial charge on any atom is -0.382 e. The molecule has 1 aromatic rings. The van der Waals surface area contributed by atoms with Crippen molar-refractivity contribution in [3.63, 3.8) is 0 Å². The van der Waals surface area contributed by atoms with Gasteiger partial charge in [0.05, 0.1) is 24.5 Å². The summed E-state index contributed by atoms with van der Waals surface area (Å²) < 4.78 is 12.3. The Morgan fingerprint density at radius 1 is 1.20 bits per heavy atom. The number of aromatic nitrogens is 2. The lowest BCUT2D eigenvalue weighted by Gasteiger charge is -2.07. The van der Waals surface area contributed by atoms with E-state index < -0.39 is 0 Å². The van der Waals surface area contributed by atoms with Crippen LogP contribution in [0.1, 0.15) is 48.9 Å². The number of rotatable bonds is 10. The van der Waals surface area contributed by atoms with E-state index in [1.54, 1.807) is 14.0 Å². The Morgan fingerprint density at radius 3 is 2.50 bits per heavy atom. The highest BCUT2D eigenvalue weighted by atomic mass is 16.5. The Hall–Kier alpha value is -1.20. The fraction of sp³-hybridized carbons (Fsp3) is 0.733. The summed E-state index contributed by atoms with van der Waals surface area (Å²) in [5, 5.41) is 4.57. The van der Waals surface area contributed by atoms with Crippen LogP contribution in [0.3, 0.4) is 0 Å². The minimum atomic E-state index is 0.112. The zero-order valence-electron chi connectivity index (χ0n) is 13.1. The van der Waals surface area contributed by atoms with Crippen LogP contribution in [0.4, 0.5) is 0 Å². The van der Waals surface area contributed by atoms with Crippen molar-refractivity contribution >= 4 is 5.78 Å². The van der Waals surface area contributed by atoms with Crippen molar-refractivity contribution < 1.29 is 14.3 Å². The van der Waals surface area contributed by atoms with E-state index in [-0.39, 0.29) is 5.78 Å². The van der Waals surface area contributed by atoms with Gasteiger partial charge in [-0.05, 0) is 26.2 Å². The minimum absolute atomic E-state index is 0.112. The normalized spacial score (nSPS) is 11.0. The first kappa shape index (κ1) is 16.9. The summed E-state index contributed by atoms with van der Waals surface area (Å²) in [6.45, 7) is 8.43. The molecule has 0 bridgehead atoms. The van der Waals surface area contributed by atoms with Crippen molar-refractivity contribution in [1.82, 2.24) is 9.78 Å². The Kier molecular flexibility index (Phi) is 7.47. The monoisotopic (exact) mass is 282 g/mol. The van der Waals surface area contributed by atoms with Crippen molar-refractivity contribution in [2.45, 2.75) is 46.6 Å². The third kappa shape index (κ3) is 4.42. The lowest BCUT2D eigenvalue weighted by atomic mass is 10.1. The summed E-state index contributed by atoms with van der Waals surface area (Å²) in [6.07, 6.45) is 2.50.